The van der Waals surface area contributed by atoms with Crippen molar-refractivity contribution in [2.45, 2.75) is 57.7 Å². The highest BCUT2D eigenvalue weighted by Gasteiger charge is 2.36. The zero-order chi connectivity index (χ0) is 24.1. The molecule has 2 fully saturated rings. The Morgan fingerprint density at radius 2 is 1.82 bits per heavy atom. The maximum absolute atomic E-state index is 12.8. The summed E-state index contributed by atoms with van der Waals surface area (Å²) in [7, 11) is 0. The number of phenolic OH excluding ortho intramolecular Hbond substituents is 1. The largest absolute Gasteiger partial charge is 0.508 e. The minimum Gasteiger partial charge on any atom is -0.508 e. The van der Waals surface area contributed by atoms with Gasteiger partial charge in [0.05, 0.1) is 6.04 Å². The van der Waals surface area contributed by atoms with Crippen LogP contribution >= 0.6 is 0 Å². The summed E-state index contributed by atoms with van der Waals surface area (Å²) in [6.07, 6.45) is 6.94. The normalized spacial score (nSPS) is 22.1. The highest BCUT2D eigenvalue weighted by molar-refractivity contribution is 5.94. The van der Waals surface area contributed by atoms with Crippen molar-refractivity contribution in [3.8, 4) is 5.75 Å². The van der Waals surface area contributed by atoms with E-state index in [1.165, 1.54) is 19.3 Å². The molecule has 2 aliphatic rings. The van der Waals surface area contributed by atoms with Crippen LogP contribution in [0.2, 0.25) is 0 Å². The predicted octanol–water partition coefficient (Wildman–Crippen LogP) is 5.08. The van der Waals surface area contributed by atoms with Crippen molar-refractivity contribution in [1.82, 2.24) is 14.7 Å². The van der Waals surface area contributed by atoms with Gasteiger partial charge in [0.2, 0.25) is 0 Å². The van der Waals surface area contributed by atoms with E-state index in [0.29, 0.717) is 25.2 Å². The van der Waals surface area contributed by atoms with Crippen LogP contribution in [0.3, 0.4) is 0 Å². The third kappa shape index (κ3) is 5.21. The monoisotopic (exact) mass is 461 g/mol. The number of hydrogen-bond acceptors (Lipinski definition) is 4. The van der Waals surface area contributed by atoms with E-state index in [1.54, 1.807) is 6.07 Å². The first-order valence-corrected chi connectivity index (χ1v) is 12.8. The summed E-state index contributed by atoms with van der Waals surface area (Å²) < 4.78 is 0. The van der Waals surface area contributed by atoms with Crippen LogP contribution in [-0.2, 0) is 0 Å². The van der Waals surface area contributed by atoms with Crippen LogP contribution in [0.15, 0.2) is 61.2 Å². The molecule has 3 unspecified atom stereocenters. The van der Waals surface area contributed by atoms with Crippen molar-refractivity contribution in [3.05, 3.63) is 77.9 Å². The van der Waals surface area contributed by atoms with E-state index in [0.717, 1.165) is 42.7 Å². The molecule has 1 amide bonds. The lowest BCUT2D eigenvalue weighted by atomic mass is 9.94. The molecule has 1 N–H and O–H groups in total. The molecule has 0 radical (unpaired) electrons. The lowest BCUT2D eigenvalue weighted by Gasteiger charge is -2.41. The molecule has 0 aromatic heterocycles. The predicted molar refractivity (Wildman–Crippen MR) is 138 cm³/mol. The van der Waals surface area contributed by atoms with E-state index in [2.05, 4.69) is 34.6 Å². The number of benzene rings is 2. The Balaban J connectivity index is 1.67. The zero-order valence-electron chi connectivity index (χ0n) is 20.7. The standard InChI is InChI=1S/C29H39N3O2/c1-4-18-32-25-10-8-11-26(32)21-31(19-17-25)28(24-9-7-12-27(33)20-24)22-13-15-23(16-14-22)29(34)30(5-2)6-3/h4,7,9,12-16,20,25-26,28,33H,1,5-6,8,10-11,17-19,21H2,2-3H3. The summed E-state index contributed by atoms with van der Waals surface area (Å²) >= 11 is 0. The molecule has 0 aliphatic carbocycles. The molecule has 2 heterocycles. The first kappa shape index (κ1) is 24.5. The van der Waals surface area contributed by atoms with Gasteiger partial charge in [-0.3, -0.25) is 14.6 Å². The quantitative estimate of drug-likeness (QED) is 0.557. The van der Waals surface area contributed by atoms with Crippen LogP contribution < -0.4 is 0 Å². The van der Waals surface area contributed by atoms with Gasteiger partial charge in [-0.1, -0.05) is 36.8 Å². The fourth-order valence-corrected chi connectivity index (χ4v) is 5.89. The third-order valence-electron chi connectivity index (χ3n) is 7.62. The van der Waals surface area contributed by atoms with Crippen molar-refractivity contribution in [2.24, 2.45) is 0 Å². The molecule has 5 nitrogen and oxygen atoms in total. The summed E-state index contributed by atoms with van der Waals surface area (Å²) in [6, 6.07) is 16.9. The molecule has 2 aromatic carbocycles. The van der Waals surface area contributed by atoms with Crippen LogP contribution in [0.25, 0.3) is 0 Å². The van der Waals surface area contributed by atoms with Gasteiger partial charge in [-0.2, -0.15) is 0 Å². The molecule has 2 aliphatic heterocycles. The summed E-state index contributed by atoms with van der Waals surface area (Å²) in [6.45, 7) is 12.4. The first-order chi connectivity index (χ1) is 16.5. The second kappa shape index (κ2) is 11.2. The van der Waals surface area contributed by atoms with Gasteiger partial charge in [0.1, 0.15) is 5.75 Å². The van der Waals surface area contributed by atoms with Crippen molar-refractivity contribution >= 4 is 5.91 Å². The van der Waals surface area contributed by atoms with E-state index in [4.69, 9.17) is 0 Å². The van der Waals surface area contributed by atoms with Gasteiger partial charge in [-0.25, -0.2) is 0 Å². The van der Waals surface area contributed by atoms with E-state index < -0.39 is 0 Å². The Morgan fingerprint density at radius 1 is 1.09 bits per heavy atom. The van der Waals surface area contributed by atoms with Crippen molar-refractivity contribution in [2.75, 3.05) is 32.7 Å². The van der Waals surface area contributed by atoms with Crippen LogP contribution in [-0.4, -0.2) is 70.5 Å². The zero-order valence-corrected chi connectivity index (χ0v) is 20.7. The minimum atomic E-state index is 0.0367. The number of carbonyl (C=O) groups excluding carboxylic acids is 1. The maximum atomic E-state index is 12.8. The second-order valence-corrected chi connectivity index (χ2v) is 9.60. The number of nitrogens with zero attached hydrogens (tertiary/aromatic N) is 3. The molecule has 5 heteroatoms. The molecule has 2 aromatic rings. The average Bonchev–Trinajstić information content (AvgIpc) is 2.93. The van der Waals surface area contributed by atoms with Gasteiger partial charge >= 0.3 is 0 Å². The number of fused-ring (bicyclic) bond motifs is 2. The molecule has 0 spiro atoms. The van der Waals surface area contributed by atoms with Gasteiger partial charge in [-0.15, -0.1) is 6.58 Å². The third-order valence-corrected chi connectivity index (χ3v) is 7.62. The number of piperidine rings is 1. The van der Waals surface area contributed by atoms with Gasteiger partial charge in [0.15, 0.2) is 0 Å². The smallest absolute Gasteiger partial charge is 0.253 e. The number of hydrogen-bond donors (Lipinski definition) is 1. The lowest BCUT2D eigenvalue weighted by Crippen LogP contribution is -2.48. The second-order valence-electron chi connectivity index (χ2n) is 9.60. The average molecular weight is 462 g/mol. The first-order valence-electron chi connectivity index (χ1n) is 12.8. The number of aromatic hydroxyl groups is 1. The van der Waals surface area contributed by atoms with Gasteiger partial charge in [-0.05, 0) is 68.5 Å². The summed E-state index contributed by atoms with van der Waals surface area (Å²) in [5.74, 6) is 0.367. The Labute approximate surface area is 204 Å². The van der Waals surface area contributed by atoms with Crippen LogP contribution in [0.5, 0.6) is 5.75 Å². The molecule has 2 bridgehead atoms. The highest BCUT2D eigenvalue weighted by Crippen LogP contribution is 2.36. The fraction of sp³-hybridized carbons (Fsp3) is 0.483. The Kier molecular flexibility index (Phi) is 8.07. The Bertz CT molecular complexity index is 970. The summed E-state index contributed by atoms with van der Waals surface area (Å²) in [5.41, 5.74) is 2.98. The summed E-state index contributed by atoms with van der Waals surface area (Å²) in [5, 5.41) is 10.3. The van der Waals surface area contributed by atoms with Crippen molar-refractivity contribution in [1.29, 1.82) is 0 Å². The molecular formula is C29H39N3O2. The SMILES string of the molecule is C=CCN1C2CCCC1CN(C(c1ccc(C(=O)N(CC)CC)cc1)c1cccc(O)c1)CC2. The molecule has 4 rings (SSSR count). The van der Waals surface area contributed by atoms with Gasteiger partial charge in [0, 0.05) is 50.4 Å². The van der Waals surface area contributed by atoms with Crippen molar-refractivity contribution < 1.29 is 9.90 Å². The van der Waals surface area contributed by atoms with Crippen LogP contribution in [0, 0.1) is 0 Å². The lowest BCUT2D eigenvalue weighted by molar-refractivity contribution is 0.0773. The van der Waals surface area contributed by atoms with Gasteiger partial charge in [0.25, 0.3) is 5.91 Å². The Hall–Kier alpha value is -2.63. The number of rotatable bonds is 8. The molecule has 182 valence electrons. The van der Waals surface area contributed by atoms with Crippen LogP contribution in [0.1, 0.15) is 67.1 Å². The van der Waals surface area contributed by atoms with Crippen molar-refractivity contribution in [3.63, 3.8) is 0 Å². The van der Waals surface area contributed by atoms with E-state index in [1.807, 2.05) is 49.1 Å². The van der Waals surface area contributed by atoms with Gasteiger partial charge < -0.3 is 10.0 Å². The molecule has 0 saturated carbocycles. The number of amides is 1. The highest BCUT2D eigenvalue weighted by atomic mass is 16.3. The maximum Gasteiger partial charge on any atom is 0.253 e. The molecular weight excluding hydrogens is 422 g/mol. The molecule has 2 saturated heterocycles. The Morgan fingerprint density at radius 3 is 2.50 bits per heavy atom. The minimum absolute atomic E-state index is 0.0367. The number of carbonyl (C=O) groups is 1. The van der Waals surface area contributed by atoms with Crippen LogP contribution in [0.4, 0.5) is 0 Å². The van der Waals surface area contributed by atoms with E-state index in [-0.39, 0.29) is 17.7 Å². The molecule has 34 heavy (non-hydrogen) atoms. The molecule has 3 atom stereocenters. The van der Waals surface area contributed by atoms with E-state index >= 15 is 0 Å². The van der Waals surface area contributed by atoms with E-state index in [9.17, 15) is 9.90 Å². The summed E-state index contributed by atoms with van der Waals surface area (Å²) in [4.78, 5) is 19.9. The topological polar surface area (TPSA) is 47.0 Å². The fourth-order valence-electron chi connectivity index (χ4n) is 5.89. The number of phenols is 1.